The molecule has 0 fully saturated rings. The quantitative estimate of drug-likeness (QED) is 0.902. The molecule has 0 aliphatic rings. The number of ether oxygens (including phenoxy) is 2. The number of pyridine rings is 1. The zero-order valence-electron chi connectivity index (χ0n) is 9.66. The molecule has 0 radical (unpaired) electrons. The molecule has 2 N–H and O–H groups in total. The Morgan fingerprint density at radius 1 is 1.33 bits per heavy atom. The fourth-order valence-electron chi connectivity index (χ4n) is 1.10. The minimum atomic E-state index is -4.41. The van der Waals surface area contributed by atoms with E-state index in [4.69, 9.17) is 10.5 Å². The van der Waals surface area contributed by atoms with E-state index in [2.05, 4.69) is 9.72 Å². The van der Waals surface area contributed by atoms with Crippen LogP contribution < -0.4 is 15.2 Å². The summed E-state index contributed by atoms with van der Waals surface area (Å²) in [4.78, 5) is 3.74. The summed E-state index contributed by atoms with van der Waals surface area (Å²) in [5.41, 5.74) is 6.05. The predicted octanol–water partition coefficient (Wildman–Crippen LogP) is 2.30. The maximum atomic E-state index is 12.0. The van der Waals surface area contributed by atoms with E-state index in [1.807, 2.05) is 0 Å². The third-order valence-corrected chi connectivity index (χ3v) is 1.78. The van der Waals surface area contributed by atoms with Gasteiger partial charge in [-0.25, -0.2) is 4.98 Å². The molecule has 0 amide bonds. The van der Waals surface area contributed by atoms with Crippen molar-refractivity contribution in [3.8, 4) is 11.6 Å². The lowest BCUT2D eigenvalue weighted by Crippen LogP contribution is -2.20. The van der Waals surface area contributed by atoms with E-state index in [0.29, 0.717) is 12.2 Å². The van der Waals surface area contributed by atoms with Gasteiger partial charge in [0.15, 0.2) is 12.4 Å². The van der Waals surface area contributed by atoms with Gasteiger partial charge in [-0.3, -0.25) is 0 Å². The van der Waals surface area contributed by atoms with Gasteiger partial charge in [0.1, 0.15) is 0 Å². The summed E-state index contributed by atoms with van der Waals surface area (Å²) < 4.78 is 45.7. The molecule has 0 aliphatic carbocycles. The Hall–Kier alpha value is -1.21. The number of alkyl halides is 3. The van der Waals surface area contributed by atoms with Gasteiger partial charge in [-0.05, 0) is 18.6 Å². The zero-order valence-corrected chi connectivity index (χ0v) is 10.5. The number of nitrogens with zero attached hydrogens (tertiary/aromatic N) is 1. The molecule has 0 spiro atoms. The van der Waals surface area contributed by atoms with Crippen LogP contribution in [0.5, 0.6) is 11.6 Å². The van der Waals surface area contributed by atoms with Crippen molar-refractivity contribution in [2.75, 3.05) is 13.2 Å². The van der Waals surface area contributed by atoms with Crippen molar-refractivity contribution in [1.29, 1.82) is 0 Å². The SMILES string of the molecule is CCOc1cc(CN)cnc1OCC(F)(F)F.Cl. The molecule has 0 atom stereocenters. The third-order valence-electron chi connectivity index (χ3n) is 1.78. The monoisotopic (exact) mass is 286 g/mol. The number of rotatable bonds is 5. The molecule has 0 saturated carbocycles. The number of hydrogen-bond acceptors (Lipinski definition) is 4. The van der Waals surface area contributed by atoms with Crippen molar-refractivity contribution in [2.45, 2.75) is 19.6 Å². The Morgan fingerprint density at radius 2 is 2.00 bits per heavy atom. The molecular formula is C10H14ClF3N2O2. The van der Waals surface area contributed by atoms with Gasteiger partial charge in [-0.15, -0.1) is 12.4 Å². The number of hydrogen-bond donors (Lipinski definition) is 1. The maximum absolute atomic E-state index is 12.0. The molecule has 0 saturated heterocycles. The molecule has 4 nitrogen and oxygen atoms in total. The van der Waals surface area contributed by atoms with E-state index in [1.165, 1.54) is 12.3 Å². The summed E-state index contributed by atoms with van der Waals surface area (Å²) in [5, 5.41) is 0. The van der Waals surface area contributed by atoms with Crippen LogP contribution in [0.1, 0.15) is 12.5 Å². The normalized spacial score (nSPS) is 10.7. The average molecular weight is 287 g/mol. The molecule has 0 aromatic carbocycles. The topological polar surface area (TPSA) is 57.4 Å². The highest BCUT2D eigenvalue weighted by Gasteiger charge is 2.29. The van der Waals surface area contributed by atoms with E-state index < -0.39 is 12.8 Å². The van der Waals surface area contributed by atoms with E-state index in [1.54, 1.807) is 6.92 Å². The predicted molar refractivity (Wildman–Crippen MR) is 62.1 cm³/mol. The van der Waals surface area contributed by atoms with E-state index in [0.717, 1.165) is 0 Å². The number of nitrogens with two attached hydrogens (primary N) is 1. The lowest BCUT2D eigenvalue weighted by atomic mass is 10.3. The van der Waals surface area contributed by atoms with Crippen LogP contribution in [0.25, 0.3) is 0 Å². The standard InChI is InChI=1S/C10H13F3N2O2.ClH/c1-2-16-8-3-7(4-14)5-15-9(8)17-6-10(11,12)13;/h3,5H,2,4,6,14H2,1H3;1H. The van der Waals surface area contributed by atoms with E-state index in [-0.39, 0.29) is 30.6 Å². The Kier molecular flexibility index (Phi) is 6.79. The molecule has 18 heavy (non-hydrogen) atoms. The summed E-state index contributed by atoms with van der Waals surface area (Å²) in [5.74, 6) is -0.0129. The molecule has 1 rings (SSSR count). The number of halogens is 4. The van der Waals surface area contributed by atoms with Crippen molar-refractivity contribution >= 4 is 12.4 Å². The van der Waals surface area contributed by atoms with E-state index >= 15 is 0 Å². The van der Waals surface area contributed by atoms with Crippen molar-refractivity contribution in [3.63, 3.8) is 0 Å². The first kappa shape index (κ1) is 16.8. The minimum Gasteiger partial charge on any atom is -0.488 e. The highest BCUT2D eigenvalue weighted by Crippen LogP contribution is 2.27. The molecule has 8 heteroatoms. The van der Waals surface area contributed by atoms with Gasteiger partial charge in [0.2, 0.25) is 0 Å². The van der Waals surface area contributed by atoms with Gasteiger partial charge in [-0.1, -0.05) is 0 Å². The minimum absolute atomic E-state index is 0. The molecular weight excluding hydrogens is 273 g/mol. The second-order valence-corrected chi connectivity index (χ2v) is 3.19. The summed E-state index contributed by atoms with van der Waals surface area (Å²) >= 11 is 0. The fraction of sp³-hybridized carbons (Fsp3) is 0.500. The third kappa shape index (κ3) is 5.42. The Bertz CT molecular complexity index is 375. The Balaban J connectivity index is 0.00000289. The highest BCUT2D eigenvalue weighted by molar-refractivity contribution is 5.85. The Morgan fingerprint density at radius 3 is 2.50 bits per heavy atom. The molecule has 1 aromatic heterocycles. The molecule has 104 valence electrons. The molecule has 1 heterocycles. The maximum Gasteiger partial charge on any atom is 0.422 e. The second-order valence-electron chi connectivity index (χ2n) is 3.19. The molecule has 0 unspecified atom stereocenters. The van der Waals surface area contributed by atoms with Crippen molar-refractivity contribution < 1.29 is 22.6 Å². The smallest absolute Gasteiger partial charge is 0.422 e. The summed E-state index contributed by atoms with van der Waals surface area (Å²) in [7, 11) is 0. The summed E-state index contributed by atoms with van der Waals surface area (Å²) in [6, 6.07) is 1.52. The second kappa shape index (κ2) is 7.27. The fourth-order valence-corrected chi connectivity index (χ4v) is 1.10. The van der Waals surface area contributed by atoms with Crippen LogP contribution >= 0.6 is 12.4 Å². The number of aromatic nitrogens is 1. The first-order valence-electron chi connectivity index (χ1n) is 4.97. The van der Waals surface area contributed by atoms with Gasteiger partial charge in [0, 0.05) is 12.7 Å². The molecule has 0 aliphatic heterocycles. The van der Waals surface area contributed by atoms with Gasteiger partial charge < -0.3 is 15.2 Å². The lowest BCUT2D eigenvalue weighted by Gasteiger charge is -2.12. The first-order valence-corrected chi connectivity index (χ1v) is 4.97. The van der Waals surface area contributed by atoms with Crippen LogP contribution in [0.4, 0.5) is 13.2 Å². The van der Waals surface area contributed by atoms with Crippen LogP contribution in [-0.4, -0.2) is 24.4 Å². The average Bonchev–Trinajstić information content (AvgIpc) is 2.26. The van der Waals surface area contributed by atoms with Crippen molar-refractivity contribution in [1.82, 2.24) is 4.98 Å². The van der Waals surface area contributed by atoms with E-state index in [9.17, 15) is 13.2 Å². The van der Waals surface area contributed by atoms with Crippen molar-refractivity contribution in [2.24, 2.45) is 5.73 Å². The summed E-state index contributed by atoms with van der Waals surface area (Å²) in [6.45, 7) is 0.843. The molecule has 0 bridgehead atoms. The highest BCUT2D eigenvalue weighted by atomic mass is 35.5. The van der Waals surface area contributed by atoms with Gasteiger partial charge >= 0.3 is 6.18 Å². The lowest BCUT2D eigenvalue weighted by molar-refractivity contribution is -0.154. The zero-order chi connectivity index (χ0) is 12.9. The van der Waals surface area contributed by atoms with Crippen LogP contribution in [0.2, 0.25) is 0 Å². The van der Waals surface area contributed by atoms with Crippen LogP contribution in [-0.2, 0) is 6.54 Å². The van der Waals surface area contributed by atoms with Gasteiger partial charge in [0.05, 0.1) is 6.61 Å². The van der Waals surface area contributed by atoms with Gasteiger partial charge in [0.25, 0.3) is 5.88 Å². The van der Waals surface area contributed by atoms with Crippen LogP contribution in [0.3, 0.4) is 0 Å². The largest absolute Gasteiger partial charge is 0.488 e. The summed E-state index contributed by atoms with van der Waals surface area (Å²) in [6.07, 6.45) is -3.05. The van der Waals surface area contributed by atoms with Crippen LogP contribution in [0, 0.1) is 0 Å². The van der Waals surface area contributed by atoms with Crippen LogP contribution in [0.15, 0.2) is 12.3 Å². The molecule has 1 aromatic rings. The van der Waals surface area contributed by atoms with Gasteiger partial charge in [-0.2, -0.15) is 13.2 Å². The Labute approximate surface area is 109 Å². The van der Waals surface area contributed by atoms with Crippen molar-refractivity contribution in [3.05, 3.63) is 17.8 Å². The first-order chi connectivity index (χ1) is 7.96.